The van der Waals surface area contributed by atoms with Crippen LogP contribution in [0.2, 0.25) is 0 Å². The molecule has 0 aliphatic rings. The summed E-state index contributed by atoms with van der Waals surface area (Å²) in [4.78, 5) is 0. The highest BCUT2D eigenvalue weighted by atomic mass is 16.6. The van der Waals surface area contributed by atoms with E-state index in [1.165, 1.54) is 0 Å². The van der Waals surface area contributed by atoms with Crippen LogP contribution in [0.25, 0.3) is 11.3 Å². The molecule has 0 saturated carbocycles. The third kappa shape index (κ3) is 1.63. The average Bonchev–Trinajstić information content (AvgIpc) is 2.57. The van der Waals surface area contributed by atoms with E-state index in [0.29, 0.717) is 5.95 Å². The van der Waals surface area contributed by atoms with Gasteiger partial charge in [-0.1, -0.05) is 30.3 Å². The molecule has 0 saturated heterocycles. The Kier molecular flexibility index (Phi) is 2.50. The molecule has 1 aromatic heterocycles. The summed E-state index contributed by atoms with van der Waals surface area (Å²) in [6.07, 6.45) is 0. The molecule has 2 aromatic rings. The van der Waals surface area contributed by atoms with E-state index in [4.69, 9.17) is 9.15 Å². The lowest BCUT2D eigenvalue weighted by molar-refractivity contribution is 0.306. The first-order valence-corrected chi connectivity index (χ1v) is 4.93. The molecule has 0 amide bonds. The molecule has 0 radical (unpaired) electrons. The largest absolute Gasteiger partial charge is 0.468 e. The first-order chi connectivity index (χ1) is 7.24. The van der Waals surface area contributed by atoms with Crippen LogP contribution in [0.15, 0.2) is 34.7 Å². The minimum atomic E-state index is 0.603. The maximum Gasteiger partial charge on any atom is 0.287 e. The van der Waals surface area contributed by atoms with Crippen LogP contribution >= 0.6 is 0 Å². The second-order valence-electron chi connectivity index (χ2n) is 3.54. The van der Waals surface area contributed by atoms with E-state index in [-0.39, 0.29) is 0 Å². The molecule has 0 bridgehead atoms. The van der Waals surface area contributed by atoms with E-state index in [1.807, 2.05) is 44.2 Å². The molecule has 0 spiro atoms. The number of hydrogen-bond donors (Lipinski definition) is 0. The Labute approximate surface area is 89.5 Å². The fraction of sp³-hybridized carbons (Fsp3) is 0.231. The second kappa shape index (κ2) is 3.81. The summed E-state index contributed by atoms with van der Waals surface area (Å²) in [6.45, 7) is 4.05. The van der Waals surface area contributed by atoms with E-state index in [0.717, 1.165) is 22.5 Å². The van der Waals surface area contributed by atoms with Gasteiger partial charge in [-0.3, -0.25) is 0 Å². The van der Waals surface area contributed by atoms with Gasteiger partial charge < -0.3 is 9.15 Å². The molecule has 2 nitrogen and oxygen atoms in total. The van der Waals surface area contributed by atoms with Crippen LogP contribution in [0.3, 0.4) is 0 Å². The molecule has 0 atom stereocenters. The van der Waals surface area contributed by atoms with Crippen LogP contribution in [0.4, 0.5) is 0 Å². The number of rotatable bonds is 2. The third-order valence-corrected chi connectivity index (χ3v) is 2.63. The van der Waals surface area contributed by atoms with Gasteiger partial charge in [0.15, 0.2) is 0 Å². The predicted molar refractivity (Wildman–Crippen MR) is 60.2 cm³/mol. The van der Waals surface area contributed by atoms with Crippen molar-refractivity contribution in [2.75, 3.05) is 7.11 Å². The fourth-order valence-corrected chi connectivity index (χ4v) is 1.63. The van der Waals surface area contributed by atoms with Crippen molar-refractivity contribution in [1.82, 2.24) is 0 Å². The molecule has 78 valence electrons. The normalized spacial score (nSPS) is 10.3. The summed E-state index contributed by atoms with van der Waals surface area (Å²) in [7, 11) is 1.63. The topological polar surface area (TPSA) is 22.4 Å². The van der Waals surface area contributed by atoms with Gasteiger partial charge in [0.05, 0.1) is 7.11 Å². The van der Waals surface area contributed by atoms with Crippen molar-refractivity contribution in [3.05, 3.63) is 41.5 Å². The average molecular weight is 202 g/mol. The quantitative estimate of drug-likeness (QED) is 0.742. The predicted octanol–water partition coefficient (Wildman–Crippen LogP) is 3.57. The number of hydrogen-bond acceptors (Lipinski definition) is 2. The highest BCUT2D eigenvalue weighted by Crippen LogP contribution is 2.34. The Morgan fingerprint density at radius 2 is 1.67 bits per heavy atom. The number of benzene rings is 1. The Morgan fingerprint density at radius 1 is 1.00 bits per heavy atom. The first-order valence-electron chi connectivity index (χ1n) is 4.93. The van der Waals surface area contributed by atoms with Gasteiger partial charge in [-0.05, 0) is 13.8 Å². The molecule has 0 N–H and O–H groups in total. The first kappa shape index (κ1) is 9.84. The molecular weight excluding hydrogens is 188 g/mol. The van der Waals surface area contributed by atoms with Gasteiger partial charge in [0.1, 0.15) is 5.76 Å². The van der Waals surface area contributed by atoms with Crippen molar-refractivity contribution in [3.63, 3.8) is 0 Å². The molecule has 0 fully saturated rings. The number of ether oxygens (including phenoxy) is 1. The summed E-state index contributed by atoms with van der Waals surface area (Å²) >= 11 is 0. The van der Waals surface area contributed by atoms with Gasteiger partial charge in [0.25, 0.3) is 5.95 Å². The van der Waals surface area contributed by atoms with Crippen molar-refractivity contribution in [1.29, 1.82) is 0 Å². The van der Waals surface area contributed by atoms with Crippen LogP contribution in [0.1, 0.15) is 11.1 Å². The zero-order chi connectivity index (χ0) is 10.8. The summed E-state index contributed by atoms with van der Waals surface area (Å²) in [5.41, 5.74) is 3.29. The third-order valence-electron chi connectivity index (χ3n) is 2.63. The van der Waals surface area contributed by atoms with Gasteiger partial charge in [0.2, 0.25) is 0 Å². The van der Waals surface area contributed by atoms with Gasteiger partial charge >= 0.3 is 0 Å². The minimum Gasteiger partial charge on any atom is -0.468 e. The van der Waals surface area contributed by atoms with Gasteiger partial charge in [-0.15, -0.1) is 0 Å². The van der Waals surface area contributed by atoms with E-state index in [9.17, 15) is 0 Å². The van der Waals surface area contributed by atoms with Crippen molar-refractivity contribution in [2.24, 2.45) is 0 Å². The maximum absolute atomic E-state index is 5.66. The Hall–Kier alpha value is -1.70. The molecule has 1 heterocycles. The zero-order valence-electron chi connectivity index (χ0n) is 9.20. The van der Waals surface area contributed by atoms with E-state index < -0.39 is 0 Å². The number of methoxy groups -OCH3 is 1. The molecule has 15 heavy (non-hydrogen) atoms. The van der Waals surface area contributed by atoms with Crippen molar-refractivity contribution in [2.45, 2.75) is 13.8 Å². The summed E-state index contributed by atoms with van der Waals surface area (Å²) in [6, 6.07) is 10.1. The van der Waals surface area contributed by atoms with Gasteiger partial charge in [-0.2, -0.15) is 0 Å². The lowest BCUT2D eigenvalue weighted by atomic mass is 10.1. The molecule has 0 aliphatic heterocycles. The van der Waals surface area contributed by atoms with Crippen molar-refractivity contribution in [3.8, 4) is 17.3 Å². The Morgan fingerprint density at radius 3 is 2.20 bits per heavy atom. The summed E-state index contributed by atoms with van der Waals surface area (Å²) < 4.78 is 10.8. The lowest BCUT2D eigenvalue weighted by Crippen LogP contribution is -1.81. The van der Waals surface area contributed by atoms with Crippen LogP contribution < -0.4 is 4.74 Å². The Bertz CT molecular complexity index is 455. The van der Waals surface area contributed by atoms with Crippen molar-refractivity contribution < 1.29 is 9.15 Å². The van der Waals surface area contributed by atoms with Crippen LogP contribution in [0.5, 0.6) is 5.95 Å². The molecule has 2 heteroatoms. The molecule has 0 aliphatic carbocycles. The summed E-state index contributed by atoms with van der Waals surface area (Å²) in [5.74, 6) is 1.50. The molecule has 1 aromatic carbocycles. The van der Waals surface area contributed by atoms with Gasteiger partial charge in [-0.25, -0.2) is 0 Å². The Balaban J connectivity index is 2.55. The minimum absolute atomic E-state index is 0.603. The number of furan rings is 1. The molecule has 0 unspecified atom stereocenters. The second-order valence-corrected chi connectivity index (χ2v) is 3.54. The van der Waals surface area contributed by atoms with Crippen LogP contribution in [0, 0.1) is 13.8 Å². The molecular formula is C13H14O2. The van der Waals surface area contributed by atoms with Gasteiger partial charge in [0, 0.05) is 16.7 Å². The smallest absolute Gasteiger partial charge is 0.287 e. The standard InChI is InChI=1S/C13H14O2/c1-9-10(2)13(14-3)15-12(9)11-7-5-4-6-8-11/h4-8H,1-3H3. The highest BCUT2D eigenvalue weighted by Gasteiger charge is 2.14. The van der Waals surface area contributed by atoms with Crippen LogP contribution in [-0.4, -0.2) is 7.11 Å². The SMILES string of the molecule is COc1oc(-c2ccccc2)c(C)c1C. The van der Waals surface area contributed by atoms with Crippen molar-refractivity contribution >= 4 is 0 Å². The van der Waals surface area contributed by atoms with Crippen LogP contribution in [-0.2, 0) is 0 Å². The highest BCUT2D eigenvalue weighted by molar-refractivity contribution is 5.64. The van der Waals surface area contributed by atoms with E-state index in [1.54, 1.807) is 7.11 Å². The monoisotopic (exact) mass is 202 g/mol. The maximum atomic E-state index is 5.66. The molecule has 2 rings (SSSR count). The summed E-state index contributed by atoms with van der Waals surface area (Å²) in [5, 5.41) is 0. The van der Waals surface area contributed by atoms with E-state index in [2.05, 4.69) is 0 Å². The lowest BCUT2D eigenvalue weighted by Gasteiger charge is -1.97. The fourth-order valence-electron chi connectivity index (χ4n) is 1.63. The zero-order valence-corrected chi connectivity index (χ0v) is 9.20. The van der Waals surface area contributed by atoms with E-state index >= 15 is 0 Å².